The molecule has 0 spiro atoms. The number of nitrogens with zero attached hydrogens (tertiary/aromatic N) is 2. The second-order valence-electron chi connectivity index (χ2n) is 6.63. The van der Waals surface area contributed by atoms with Gasteiger partial charge in [-0.05, 0) is 31.2 Å². The van der Waals surface area contributed by atoms with Gasteiger partial charge in [0, 0.05) is 45.0 Å². The zero-order valence-electron chi connectivity index (χ0n) is 15.6. The van der Waals surface area contributed by atoms with E-state index in [0.717, 1.165) is 32.7 Å². The molecule has 0 bridgehead atoms. The van der Waals surface area contributed by atoms with Crippen molar-refractivity contribution in [3.05, 3.63) is 54.5 Å². The van der Waals surface area contributed by atoms with Gasteiger partial charge in [-0.2, -0.15) is 0 Å². The first-order valence-electron chi connectivity index (χ1n) is 9.28. The van der Waals surface area contributed by atoms with Gasteiger partial charge in [-0.1, -0.05) is 18.2 Å². The number of carbonyl (C=O) groups is 2. The molecule has 2 amide bonds. The maximum Gasteiger partial charge on any atom is 0.287 e. The van der Waals surface area contributed by atoms with E-state index in [-0.39, 0.29) is 17.6 Å². The van der Waals surface area contributed by atoms with E-state index in [2.05, 4.69) is 44.7 Å². The van der Waals surface area contributed by atoms with Crippen LogP contribution < -0.4 is 15.5 Å². The molecule has 2 aromatic rings. The van der Waals surface area contributed by atoms with E-state index < -0.39 is 6.04 Å². The molecule has 1 saturated heterocycles. The Hall–Kier alpha value is -2.80. The molecule has 7 heteroatoms. The van der Waals surface area contributed by atoms with Crippen molar-refractivity contribution in [2.75, 3.05) is 44.2 Å². The number of carbonyl (C=O) groups excluding carboxylic acids is 2. The van der Waals surface area contributed by atoms with Gasteiger partial charge in [-0.15, -0.1) is 0 Å². The Labute approximate surface area is 159 Å². The minimum absolute atomic E-state index is 0.196. The molecule has 1 aliphatic heterocycles. The Morgan fingerprint density at radius 1 is 1.07 bits per heavy atom. The molecule has 1 aromatic carbocycles. The highest BCUT2D eigenvalue weighted by atomic mass is 16.3. The van der Waals surface area contributed by atoms with Gasteiger partial charge in [0.1, 0.15) is 6.04 Å². The second kappa shape index (κ2) is 9.23. The first kappa shape index (κ1) is 19.0. The van der Waals surface area contributed by atoms with Crippen LogP contribution in [0.5, 0.6) is 0 Å². The Morgan fingerprint density at radius 2 is 1.81 bits per heavy atom. The lowest BCUT2D eigenvalue weighted by molar-refractivity contribution is -0.122. The number of hydrogen-bond acceptors (Lipinski definition) is 5. The minimum atomic E-state index is -0.613. The van der Waals surface area contributed by atoms with Gasteiger partial charge in [0.25, 0.3) is 5.91 Å². The van der Waals surface area contributed by atoms with Crippen LogP contribution in [0.2, 0.25) is 0 Å². The summed E-state index contributed by atoms with van der Waals surface area (Å²) < 4.78 is 5.02. The smallest absolute Gasteiger partial charge is 0.287 e. The monoisotopic (exact) mass is 370 g/mol. The van der Waals surface area contributed by atoms with Crippen molar-refractivity contribution in [2.45, 2.75) is 13.0 Å². The maximum atomic E-state index is 12.1. The van der Waals surface area contributed by atoms with E-state index >= 15 is 0 Å². The lowest BCUT2D eigenvalue weighted by atomic mass is 10.2. The summed E-state index contributed by atoms with van der Waals surface area (Å²) in [5, 5.41) is 5.51. The molecule has 27 heavy (non-hydrogen) atoms. The molecule has 0 radical (unpaired) electrons. The van der Waals surface area contributed by atoms with Crippen LogP contribution in [-0.4, -0.2) is 62.0 Å². The van der Waals surface area contributed by atoms with Crippen LogP contribution in [-0.2, 0) is 4.79 Å². The summed E-state index contributed by atoms with van der Waals surface area (Å²) >= 11 is 0. The molecule has 2 heterocycles. The Balaban J connectivity index is 1.34. The van der Waals surface area contributed by atoms with E-state index in [1.54, 1.807) is 19.1 Å². The number of piperazine rings is 1. The highest BCUT2D eigenvalue weighted by molar-refractivity contribution is 5.95. The summed E-state index contributed by atoms with van der Waals surface area (Å²) in [5.41, 5.74) is 1.26. The van der Waals surface area contributed by atoms with Crippen molar-refractivity contribution in [3.8, 4) is 0 Å². The zero-order valence-corrected chi connectivity index (χ0v) is 15.6. The molecule has 0 saturated carbocycles. The molecule has 7 nitrogen and oxygen atoms in total. The van der Waals surface area contributed by atoms with Crippen molar-refractivity contribution < 1.29 is 14.0 Å². The number of amides is 2. The average Bonchev–Trinajstić information content (AvgIpc) is 3.24. The molecule has 3 rings (SSSR count). The Morgan fingerprint density at radius 3 is 2.48 bits per heavy atom. The fourth-order valence-corrected chi connectivity index (χ4v) is 3.10. The third-order valence-electron chi connectivity index (χ3n) is 4.71. The lowest BCUT2D eigenvalue weighted by Crippen LogP contribution is -2.50. The van der Waals surface area contributed by atoms with Gasteiger partial charge in [0.15, 0.2) is 5.76 Å². The van der Waals surface area contributed by atoms with Gasteiger partial charge < -0.3 is 20.0 Å². The molecule has 1 aromatic heterocycles. The Kier molecular flexibility index (Phi) is 6.49. The van der Waals surface area contributed by atoms with E-state index in [9.17, 15) is 9.59 Å². The van der Waals surface area contributed by atoms with Crippen molar-refractivity contribution in [3.63, 3.8) is 0 Å². The van der Waals surface area contributed by atoms with Gasteiger partial charge in [-0.3, -0.25) is 14.5 Å². The number of rotatable bonds is 7. The topological polar surface area (TPSA) is 77.8 Å². The number of furan rings is 1. The summed E-state index contributed by atoms with van der Waals surface area (Å²) in [6, 6.07) is 13.0. The van der Waals surface area contributed by atoms with E-state index in [1.165, 1.54) is 12.0 Å². The lowest BCUT2D eigenvalue weighted by Gasteiger charge is -2.36. The molecular formula is C20H26N4O3. The maximum absolute atomic E-state index is 12.1. The quantitative estimate of drug-likeness (QED) is 0.769. The van der Waals surface area contributed by atoms with Gasteiger partial charge in [0.2, 0.25) is 5.91 Å². The molecule has 1 fully saturated rings. The normalized spacial score (nSPS) is 16.0. The van der Waals surface area contributed by atoms with Crippen LogP contribution in [0.4, 0.5) is 5.69 Å². The highest BCUT2D eigenvalue weighted by Gasteiger charge is 2.19. The fourth-order valence-electron chi connectivity index (χ4n) is 3.10. The van der Waals surface area contributed by atoms with E-state index in [0.29, 0.717) is 6.54 Å². The summed E-state index contributed by atoms with van der Waals surface area (Å²) in [4.78, 5) is 28.8. The number of hydrogen-bond donors (Lipinski definition) is 2. The van der Waals surface area contributed by atoms with Gasteiger partial charge in [-0.25, -0.2) is 0 Å². The predicted molar refractivity (Wildman–Crippen MR) is 104 cm³/mol. The minimum Gasteiger partial charge on any atom is -0.459 e. The zero-order chi connectivity index (χ0) is 19.1. The summed E-state index contributed by atoms with van der Waals surface area (Å²) in [6.07, 6.45) is 1.43. The van der Waals surface area contributed by atoms with Crippen LogP contribution in [0.15, 0.2) is 53.1 Å². The largest absolute Gasteiger partial charge is 0.459 e. The predicted octanol–water partition coefficient (Wildman–Crippen LogP) is 1.34. The van der Waals surface area contributed by atoms with Gasteiger partial charge >= 0.3 is 0 Å². The summed E-state index contributed by atoms with van der Waals surface area (Å²) in [5.74, 6) is -0.386. The number of benzene rings is 1. The number of para-hydroxylation sites is 1. The molecule has 0 aliphatic carbocycles. The van der Waals surface area contributed by atoms with Crippen LogP contribution >= 0.6 is 0 Å². The number of nitrogens with one attached hydrogen (secondary N) is 2. The first-order chi connectivity index (χ1) is 13.1. The first-order valence-corrected chi connectivity index (χ1v) is 9.28. The molecule has 1 unspecified atom stereocenters. The molecular weight excluding hydrogens is 344 g/mol. The molecule has 1 aliphatic rings. The van der Waals surface area contributed by atoms with Crippen molar-refractivity contribution in [1.82, 2.24) is 15.5 Å². The molecule has 144 valence electrons. The van der Waals surface area contributed by atoms with Gasteiger partial charge in [0.05, 0.1) is 6.26 Å². The van der Waals surface area contributed by atoms with Crippen LogP contribution in [0.1, 0.15) is 17.5 Å². The number of anilines is 1. The third kappa shape index (κ3) is 5.34. The van der Waals surface area contributed by atoms with Crippen molar-refractivity contribution in [1.29, 1.82) is 0 Å². The van der Waals surface area contributed by atoms with Crippen LogP contribution in [0, 0.1) is 0 Å². The summed E-state index contributed by atoms with van der Waals surface area (Å²) in [7, 11) is 0. The van der Waals surface area contributed by atoms with E-state index in [1.807, 2.05) is 6.07 Å². The van der Waals surface area contributed by atoms with Crippen molar-refractivity contribution in [2.24, 2.45) is 0 Å². The van der Waals surface area contributed by atoms with Crippen LogP contribution in [0.3, 0.4) is 0 Å². The van der Waals surface area contributed by atoms with Crippen molar-refractivity contribution >= 4 is 17.5 Å². The van der Waals surface area contributed by atoms with Crippen LogP contribution in [0.25, 0.3) is 0 Å². The second-order valence-corrected chi connectivity index (χ2v) is 6.63. The highest BCUT2D eigenvalue weighted by Crippen LogP contribution is 2.15. The molecule has 2 N–H and O–H groups in total. The standard InChI is InChI=1S/C20H26N4O3/c1-16(22-20(26)18-8-5-15-27-18)19(25)21-9-10-23-11-13-24(14-12-23)17-6-3-2-4-7-17/h2-8,15-16H,9-14H2,1H3,(H,21,25)(H,22,26). The Bertz CT molecular complexity index is 725. The average molecular weight is 370 g/mol. The fraction of sp³-hybridized carbons (Fsp3) is 0.400. The SMILES string of the molecule is CC(NC(=O)c1ccco1)C(=O)NCCN1CCN(c2ccccc2)CC1. The third-order valence-corrected chi connectivity index (χ3v) is 4.71. The molecule has 1 atom stereocenters. The summed E-state index contributed by atoms with van der Waals surface area (Å²) in [6.45, 7) is 6.92. The van der Waals surface area contributed by atoms with E-state index in [4.69, 9.17) is 4.42 Å².